The third-order valence-electron chi connectivity index (χ3n) is 16.2. The molecule has 1 saturated heterocycles. The average molecular weight is 712 g/mol. The lowest BCUT2D eigenvalue weighted by Gasteiger charge is -2.71. The number of hydrogen-bond donors (Lipinski definition) is 0. The number of hydrogen-bond acceptors (Lipinski definition) is 4. The van der Waals surface area contributed by atoms with E-state index in [1.807, 2.05) is 23.1 Å². The highest BCUT2D eigenvalue weighted by molar-refractivity contribution is 6.39. The van der Waals surface area contributed by atoms with Crippen molar-refractivity contribution < 1.29 is 14.3 Å². The summed E-state index contributed by atoms with van der Waals surface area (Å²) in [6.45, 7) is 20.6. The molecule has 5 nitrogen and oxygen atoms in total. The molecule has 1 amide bonds. The van der Waals surface area contributed by atoms with Gasteiger partial charge >= 0.3 is 5.97 Å². The van der Waals surface area contributed by atoms with Crippen molar-refractivity contribution in [3.63, 3.8) is 0 Å². The van der Waals surface area contributed by atoms with Crippen molar-refractivity contribution in [1.82, 2.24) is 4.90 Å². The van der Waals surface area contributed by atoms with Crippen LogP contribution in [0.2, 0.25) is 10.0 Å². The van der Waals surface area contributed by atoms with E-state index < -0.39 is 11.6 Å². The number of para-hydroxylation sites is 1. The summed E-state index contributed by atoms with van der Waals surface area (Å²) in [5.41, 5.74) is 3.31. The van der Waals surface area contributed by atoms with Gasteiger partial charge in [-0.2, -0.15) is 0 Å². The molecule has 0 N–H and O–H groups in total. The van der Waals surface area contributed by atoms with Gasteiger partial charge in [0.25, 0.3) is 0 Å². The second-order valence-electron chi connectivity index (χ2n) is 19.2. The van der Waals surface area contributed by atoms with Gasteiger partial charge in [-0.05, 0) is 121 Å². The molecule has 0 spiro atoms. The molecule has 7 heteroatoms. The van der Waals surface area contributed by atoms with E-state index in [0.29, 0.717) is 52.3 Å². The molecule has 5 aliphatic carbocycles. The zero-order valence-electron chi connectivity index (χ0n) is 31.4. The van der Waals surface area contributed by atoms with Crippen LogP contribution in [0.3, 0.4) is 0 Å². The maximum absolute atomic E-state index is 14.9. The van der Waals surface area contributed by atoms with E-state index in [1.165, 1.54) is 58.3 Å². The molecule has 1 aromatic carbocycles. The van der Waals surface area contributed by atoms with Gasteiger partial charge in [0.05, 0.1) is 22.3 Å². The van der Waals surface area contributed by atoms with Crippen molar-refractivity contribution in [2.45, 2.75) is 132 Å². The molecule has 9 atom stereocenters. The highest BCUT2D eigenvalue weighted by atomic mass is 35.5. The Morgan fingerprint density at radius 3 is 2.24 bits per heavy atom. The van der Waals surface area contributed by atoms with Crippen molar-refractivity contribution in [3.8, 4) is 0 Å². The summed E-state index contributed by atoms with van der Waals surface area (Å²) in [4.78, 5) is 31.2. The second-order valence-corrected chi connectivity index (χ2v) is 20.0. The fraction of sp³-hybridized carbons (Fsp3) is 0.762. The smallest absolute Gasteiger partial charge is 0.304 e. The quantitative estimate of drug-likeness (QED) is 0.231. The lowest BCUT2D eigenvalue weighted by Crippen LogP contribution is -2.64. The first-order chi connectivity index (χ1) is 22.9. The van der Waals surface area contributed by atoms with Crippen LogP contribution in [0.25, 0.3) is 0 Å². The Morgan fingerprint density at radius 1 is 0.857 bits per heavy atom. The van der Waals surface area contributed by atoms with Crippen molar-refractivity contribution in [2.24, 2.45) is 50.2 Å². The highest BCUT2D eigenvalue weighted by Crippen LogP contribution is 2.75. The molecule has 4 saturated carbocycles. The number of benzene rings is 1. The maximum Gasteiger partial charge on any atom is 0.304 e. The van der Waals surface area contributed by atoms with Crippen molar-refractivity contribution in [2.75, 3.05) is 24.5 Å². The standard InChI is InChI=1S/C42H60Cl2N2O3/c1-27(47)49-34-26-45(35-30(43)11-9-12-31(35)44)23-24-46(34)36(48)39(5)20-19-38(4)21-22-41(7)28(29(38)25-39)13-14-33-40(6)17-10-16-37(2,3)32(40)15-18-42(33,41)8/h9,11-13,29,32-34H,10,14-26H2,1-8H3/t29-,32?,33?,34?,38-,39?,40+,41-,42-/m1/s1. The van der Waals surface area contributed by atoms with Gasteiger partial charge in [0.2, 0.25) is 5.91 Å². The predicted molar refractivity (Wildman–Crippen MR) is 200 cm³/mol. The number of piperazine rings is 1. The van der Waals surface area contributed by atoms with Gasteiger partial charge < -0.3 is 14.5 Å². The van der Waals surface area contributed by atoms with Crippen LogP contribution in [0.5, 0.6) is 0 Å². The SMILES string of the molecule is CC(=O)OC1CN(c2c(Cl)cccc2Cl)CCN1C(=O)C1(C)CC[C@]2(C)CC[C@]3(C)C(=CCC4[C@@]5(C)CCCC(C)(C)C5CC[C@]43C)[C@H]2C1. The predicted octanol–water partition coefficient (Wildman–Crippen LogP) is 10.7. The molecule has 1 aromatic rings. The molecule has 1 heterocycles. The summed E-state index contributed by atoms with van der Waals surface area (Å²) in [5.74, 6) is 1.63. The first-order valence-electron chi connectivity index (χ1n) is 19.3. The van der Waals surface area contributed by atoms with Crippen LogP contribution >= 0.6 is 23.2 Å². The molecule has 7 rings (SSSR count). The monoisotopic (exact) mass is 710 g/mol. The van der Waals surface area contributed by atoms with Crippen molar-refractivity contribution >= 4 is 40.8 Å². The number of anilines is 1. The summed E-state index contributed by atoms with van der Waals surface area (Å²) in [6.07, 6.45) is 15.2. The van der Waals surface area contributed by atoms with E-state index in [-0.39, 0.29) is 28.1 Å². The number of amides is 1. The first kappa shape index (κ1) is 35.7. The molecule has 270 valence electrons. The molecule has 0 bridgehead atoms. The van der Waals surface area contributed by atoms with Crippen LogP contribution in [0, 0.1) is 50.2 Å². The molecule has 0 radical (unpaired) electrons. The normalized spacial score (nSPS) is 42.9. The number of ether oxygens (including phenoxy) is 1. The van der Waals surface area contributed by atoms with Gasteiger partial charge in [0, 0.05) is 25.4 Å². The third kappa shape index (κ3) is 5.35. The minimum Gasteiger partial charge on any atom is -0.440 e. The van der Waals surface area contributed by atoms with Gasteiger partial charge in [-0.25, -0.2) is 0 Å². The Labute approximate surface area is 305 Å². The van der Waals surface area contributed by atoms with Gasteiger partial charge in [-0.1, -0.05) is 95.8 Å². The molecular weight excluding hydrogens is 651 g/mol. The Bertz CT molecular complexity index is 1540. The summed E-state index contributed by atoms with van der Waals surface area (Å²) in [7, 11) is 0. The van der Waals surface area contributed by atoms with Crippen LogP contribution in [-0.2, 0) is 14.3 Å². The number of nitrogens with zero attached hydrogens (tertiary/aromatic N) is 2. The number of carbonyl (C=O) groups is 2. The minimum atomic E-state index is -0.697. The molecule has 6 aliphatic rings. The average Bonchev–Trinajstić information content (AvgIpc) is 3.01. The number of esters is 1. The Morgan fingerprint density at radius 2 is 1.55 bits per heavy atom. The number of rotatable bonds is 3. The summed E-state index contributed by atoms with van der Waals surface area (Å²) in [5, 5.41) is 1.11. The zero-order chi connectivity index (χ0) is 35.4. The fourth-order valence-corrected chi connectivity index (χ4v) is 13.9. The molecule has 5 fully saturated rings. The van der Waals surface area contributed by atoms with Crippen LogP contribution in [0.1, 0.15) is 126 Å². The van der Waals surface area contributed by atoms with E-state index in [4.69, 9.17) is 27.9 Å². The Hall–Kier alpha value is -1.72. The van der Waals surface area contributed by atoms with E-state index >= 15 is 0 Å². The van der Waals surface area contributed by atoms with Gasteiger partial charge in [0.15, 0.2) is 6.23 Å². The molecular formula is C42H60Cl2N2O3. The fourth-order valence-electron chi connectivity index (χ4n) is 13.3. The number of halogens is 2. The highest BCUT2D eigenvalue weighted by Gasteiger charge is 2.67. The van der Waals surface area contributed by atoms with Crippen molar-refractivity contribution in [1.29, 1.82) is 0 Å². The van der Waals surface area contributed by atoms with E-state index in [2.05, 4.69) is 59.4 Å². The number of fused-ring (bicyclic) bond motifs is 7. The summed E-state index contributed by atoms with van der Waals surface area (Å²) < 4.78 is 5.89. The zero-order valence-corrected chi connectivity index (χ0v) is 32.9. The van der Waals surface area contributed by atoms with Crippen molar-refractivity contribution in [3.05, 3.63) is 39.9 Å². The van der Waals surface area contributed by atoms with E-state index in [9.17, 15) is 9.59 Å². The van der Waals surface area contributed by atoms with Gasteiger partial charge in [-0.15, -0.1) is 0 Å². The topological polar surface area (TPSA) is 49.9 Å². The number of allylic oxidation sites excluding steroid dienone is 2. The third-order valence-corrected chi connectivity index (χ3v) is 16.9. The lowest BCUT2D eigenvalue weighted by molar-refractivity contribution is -0.183. The lowest BCUT2D eigenvalue weighted by atomic mass is 9.34. The minimum absolute atomic E-state index is 0.121. The largest absolute Gasteiger partial charge is 0.440 e. The molecule has 49 heavy (non-hydrogen) atoms. The Balaban J connectivity index is 1.18. The molecule has 1 aliphatic heterocycles. The van der Waals surface area contributed by atoms with Crippen LogP contribution < -0.4 is 4.90 Å². The van der Waals surface area contributed by atoms with E-state index in [1.54, 1.807) is 5.57 Å². The second kappa shape index (κ2) is 11.9. The molecule has 4 unspecified atom stereocenters. The van der Waals surface area contributed by atoms with Crippen LogP contribution in [-0.4, -0.2) is 42.6 Å². The first-order valence-corrected chi connectivity index (χ1v) is 20.0. The summed E-state index contributed by atoms with van der Waals surface area (Å²) in [6, 6.07) is 5.48. The molecule has 0 aromatic heterocycles. The van der Waals surface area contributed by atoms with E-state index in [0.717, 1.165) is 30.9 Å². The van der Waals surface area contributed by atoms with Crippen LogP contribution in [0.15, 0.2) is 29.8 Å². The summed E-state index contributed by atoms with van der Waals surface area (Å²) >= 11 is 13.2. The van der Waals surface area contributed by atoms with Crippen LogP contribution in [0.4, 0.5) is 5.69 Å². The Kier molecular flexibility index (Phi) is 8.67. The number of carbonyl (C=O) groups excluding carboxylic acids is 2. The van der Waals surface area contributed by atoms with Gasteiger partial charge in [0.1, 0.15) is 0 Å². The maximum atomic E-state index is 14.9. The van der Waals surface area contributed by atoms with Gasteiger partial charge in [-0.3, -0.25) is 9.59 Å².